The Morgan fingerprint density at radius 3 is 2.67 bits per heavy atom. The van der Waals surface area contributed by atoms with E-state index >= 15 is 0 Å². The van der Waals surface area contributed by atoms with E-state index in [4.69, 9.17) is 4.74 Å². The van der Waals surface area contributed by atoms with Crippen LogP contribution in [0.2, 0.25) is 0 Å². The molecule has 0 saturated heterocycles. The number of carbonyl (C=O) groups is 1. The molecule has 1 N–H and O–H groups in total. The van der Waals surface area contributed by atoms with Gasteiger partial charge in [-0.05, 0) is 43.7 Å². The first-order valence-electron chi connectivity index (χ1n) is 6.95. The highest BCUT2D eigenvalue weighted by Gasteiger charge is 2.22. The molecule has 7 heteroatoms. The summed E-state index contributed by atoms with van der Waals surface area (Å²) in [7, 11) is 0. The number of carbonyl (C=O) groups excluding carboxylic acids is 1. The summed E-state index contributed by atoms with van der Waals surface area (Å²) in [5.41, 5.74) is -0.536. The van der Waals surface area contributed by atoms with Gasteiger partial charge in [-0.1, -0.05) is 0 Å². The molecule has 0 unspecified atom stereocenters. The number of hydrogen-bond donors (Lipinski definition) is 1. The maximum atomic E-state index is 14.5. The summed E-state index contributed by atoms with van der Waals surface area (Å²) in [4.78, 5) is 11.5. The van der Waals surface area contributed by atoms with Gasteiger partial charge < -0.3 is 14.6 Å². The lowest BCUT2D eigenvalue weighted by molar-refractivity contribution is 0.104. The average molecular weight is 333 g/mol. The highest BCUT2D eigenvalue weighted by Crippen LogP contribution is 2.39. The Morgan fingerprint density at radius 2 is 2.04 bits per heavy atom. The van der Waals surface area contributed by atoms with E-state index in [2.05, 4.69) is 4.74 Å². The van der Waals surface area contributed by atoms with Crippen molar-refractivity contribution in [1.29, 1.82) is 5.26 Å². The lowest BCUT2D eigenvalue weighted by Crippen LogP contribution is -2.11. The summed E-state index contributed by atoms with van der Waals surface area (Å²) in [6, 6.07) is 6.07. The second kappa shape index (κ2) is 6.96. The normalized spacial score (nSPS) is 10.1. The van der Waals surface area contributed by atoms with E-state index < -0.39 is 23.5 Å². The van der Waals surface area contributed by atoms with Gasteiger partial charge in [-0.2, -0.15) is 5.26 Å². The average Bonchev–Trinajstić information content (AvgIpc) is 2.54. The molecule has 0 radical (unpaired) electrons. The zero-order valence-corrected chi connectivity index (χ0v) is 12.9. The molecular weight excluding hydrogens is 320 g/mol. The van der Waals surface area contributed by atoms with Crippen molar-refractivity contribution in [3.8, 4) is 28.7 Å². The van der Waals surface area contributed by atoms with E-state index in [1.807, 2.05) is 0 Å². The smallest absolute Gasteiger partial charge is 0.505 e. The molecule has 5 nitrogen and oxygen atoms in total. The van der Waals surface area contributed by atoms with Crippen molar-refractivity contribution in [3.05, 3.63) is 47.0 Å². The second-order valence-electron chi connectivity index (χ2n) is 4.82. The molecule has 0 atom stereocenters. The fourth-order valence-electron chi connectivity index (χ4n) is 2.14. The Hall–Kier alpha value is -3.14. The Kier molecular flexibility index (Phi) is 4.99. The summed E-state index contributed by atoms with van der Waals surface area (Å²) in [6.45, 7) is 3.04. The third kappa shape index (κ3) is 3.27. The number of nitriles is 1. The number of benzene rings is 2. The number of phenolic OH excluding ortho intramolecular Hbond substituents is 1. The van der Waals surface area contributed by atoms with Crippen LogP contribution in [0.25, 0.3) is 11.1 Å². The fraction of sp³-hybridized carbons (Fsp3) is 0.176. The minimum absolute atomic E-state index is 0.0541. The molecule has 0 fully saturated rings. The molecule has 124 valence electrons. The maximum Gasteiger partial charge on any atom is 0.513 e. The van der Waals surface area contributed by atoms with Crippen LogP contribution in [0, 0.1) is 29.9 Å². The van der Waals surface area contributed by atoms with Crippen LogP contribution in [0.4, 0.5) is 13.6 Å². The number of ether oxygens (including phenoxy) is 2. The number of hydrogen-bond acceptors (Lipinski definition) is 5. The van der Waals surface area contributed by atoms with Crippen LogP contribution in [0.1, 0.15) is 18.1 Å². The standard InChI is InChI=1S/C17H13F2NO4/c1-3-23-17(22)24-13-5-4-11(18)7-12(13)14-10(8-20)6-9(2)16(21)15(14)19/h4-7,21H,3H2,1-2H3. The van der Waals surface area contributed by atoms with Gasteiger partial charge in [0.15, 0.2) is 11.6 Å². The molecule has 2 aromatic carbocycles. The van der Waals surface area contributed by atoms with Gasteiger partial charge >= 0.3 is 6.16 Å². The monoisotopic (exact) mass is 333 g/mol. The summed E-state index contributed by atoms with van der Waals surface area (Å²) >= 11 is 0. The quantitative estimate of drug-likeness (QED) is 0.677. The Bertz CT molecular complexity index is 843. The third-order valence-electron chi connectivity index (χ3n) is 3.22. The van der Waals surface area contributed by atoms with Crippen molar-refractivity contribution in [3.63, 3.8) is 0 Å². The largest absolute Gasteiger partial charge is 0.513 e. The van der Waals surface area contributed by atoms with Gasteiger partial charge in [0.2, 0.25) is 0 Å². The van der Waals surface area contributed by atoms with Crippen molar-refractivity contribution in [1.82, 2.24) is 0 Å². The Morgan fingerprint density at radius 1 is 1.33 bits per heavy atom. The number of aromatic hydroxyl groups is 1. The van der Waals surface area contributed by atoms with Gasteiger partial charge in [-0.3, -0.25) is 0 Å². The molecule has 0 spiro atoms. The lowest BCUT2D eigenvalue weighted by atomic mass is 9.96. The van der Waals surface area contributed by atoms with Gasteiger partial charge in [-0.15, -0.1) is 0 Å². The molecule has 0 saturated carbocycles. The minimum atomic E-state index is -1.11. The molecule has 2 rings (SSSR count). The van der Waals surface area contributed by atoms with Crippen molar-refractivity contribution in [2.45, 2.75) is 13.8 Å². The summed E-state index contributed by atoms with van der Waals surface area (Å²) in [6.07, 6.45) is -1.05. The Labute approximate surface area is 136 Å². The lowest BCUT2D eigenvalue weighted by Gasteiger charge is -2.14. The van der Waals surface area contributed by atoms with Crippen molar-refractivity contribution < 1.29 is 28.2 Å². The topological polar surface area (TPSA) is 79.5 Å². The number of rotatable bonds is 3. The first-order chi connectivity index (χ1) is 11.4. The number of aryl methyl sites for hydroxylation is 1. The first-order valence-corrected chi connectivity index (χ1v) is 6.95. The van der Waals surface area contributed by atoms with E-state index in [9.17, 15) is 23.9 Å². The zero-order valence-electron chi connectivity index (χ0n) is 12.9. The van der Waals surface area contributed by atoms with Crippen LogP contribution < -0.4 is 4.74 Å². The van der Waals surface area contributed by atoms with Crippen LogP contribution in [0.3, 0.4) is 0 Å². The highest BCUT2D eigenvalue weighted by molar-refractivity contribution is 5.80. The highest BCUT2D eigenvalue weighted by atomic mass is 19.1. The summed E-state index contributed by atoms with van der Waals surface area (Å²) in [5, 5.41) is 19.0. The van der Waals surface area contributed by atoms with E-state index in [1.165, 1.54) is 13.0 Å². The molecule has 0 heterocycles. The van der Waals surface area contributed by atoms with Crippen LogP contribution in [-0.4, -0.2) is 17.9 Å². The molecule has 0 aliphatic heterocycles. The third-order valence-corrected chi connectivity index (χ3v) is 3.22. The summed E-state index contributed by atoms with van der Waals surface area (Å²) < 4.78 is 37.7. The molecule has 0 aliphatic rings. The van der Waals surface area contributed by atoms with Crippen LogP contribution in [0.15, 0.2) is 24.3 Å². The van der Waals surface area contributed by atoms with E-state index in [0.717, 1.165) is 18.2 Å². The molecular formula is C17H13F2NO4. The second-order valence-corrected chi connectivity index (χ2v) is 4.82. The van der Waals surface area contributed by atoms with Gasteiger partial charge in [0.1, 0.15) is 11.6 Å². The van der Waals surface area contributed by atoms with Crippen LogP contribution in [-0.2, 0) is 4.74 Å². The van der Waals surface area contributed by atoms with E-state index in [1.54, 1.807) is 13.0 Å². The zero-order chi connectivity index (χ0) is 17.9. The van der Waals surface area contributed by atoms with Crippen LogP contribution in [0.5, 0.6) is 11.5 Å². The molecule has 0 bridgehead atoms. The van der Waals surface area contributed by atoms with E-state index in [0.29, 0.717) is 0 Å². The van der Waals surface area contributed by atoms with Gasteiger partial charge in [0.05, 0.1) is 18.2 Å². The number of phenols is 1. The van der Waals surface area contributed by atoms with Gasteiger partial charge in [0.25, 0.3) is 0 Å². The SMILES string of the molecule is CCOC(=O)Oc1ccc(F)cc1-c1c(C#N)cc(C)c(O)c1F. The predicted octanol–water partition coefficient (Wildman–Crippen LogP) is 4.05. The van der Waals surface area contributed by atoms with Crippen molar-refractivity contribution in [2.75, 3.05) is 6.61 Å². The molecule has 2 aromatic rings. The number of halogens is 2. The first kappa shape index (κ1) is 17.2. The van der Waals surface area contributed by atoms with Crippen molar-refractivity contribution in [2.24, 2.45) is 0 Å². The minimum Gasteiger partial charge on any atom is -0.505 e. The molecule has 0 amide bonds. The Balaban J connectivity index is 2.69. The molecule has 0 aliphatic carbocycles. The van der Waals surface area contributed by atoms with Gasteiger partial charge in [0, 0.05) is 11.1 Å². The van der Waals surface area contributed by atoms with Crippen LogP contribution >= 0.6 is 0 Å². The summed E-state index contributed by atoms with van der Waals surface area (Å²) in [5.74, 6) is -2.71. The maximum absolute atomic E-state index is 14.5. The number of nitrogens with zero attached hydrogens (tertiary/aromatic N) is 1. The molecule has 0 aromatic heterocycles. The van der Waals surface area contributed by atoms with Gasteiger partial charge in [-0.25, -0.2) is 13.6 Å². The predicted molar refractivity (Wildman–Crippen MR) is 80.6 cm³/mol. The van der Waals surface area contributed by atoms with E-state index in [-0.39, 0.29) is 34.6 Å². The molecule has 24 heavy (non-hydrogen) atoms. The fourth-order valence-corrected chi connectivity index (χ4v) is 2.14. The van der Waals surface area contributed by atoms with Crippen molar-refractivity contribution >= 4 is 6.16 Å².